The minimum atomic E-state index is -0.0373. The Balaban J connectivity index is 1.77. The Morgan fingerprint density at radius 2 is 1.94 bits per heavy atom. The minimum absolute atomic E-state index is 0.0373. The van der Waals surface area contributed by atoms with Gasteiger partial charge in [-0.2, -0.15) is 5.10 Å². The van der Waals surface area contributed by atoms with Crippen molar-refractivity contribution in [3.8, 4) is 0 Å². The maximum absolute atomic E-state index is 11.5. The number of nitrogens with zero attached hydrogens (tertiary/aromatic N) is 3. The van der Waals surface area contributed by atoms with Crippen LogP contribution in [-0.2, 0) is 20.0 Å². The summed E-state index contributed by atoms with van der Waals surface area (Å²) in [5.41, 5.74) is 1.32. The molecule has 0 aliphatic heterocycles. The molecule has 0 atom stereocenters. The van der Waals surface area contributed by atoms with Crippen molar-refractivity contribution < 1.29 is 0 Å². The van der Waals surface area contributed by atoms with Crippen LogP contribution >= 0.6 is 0 Å². The summed E-state index contributed by atoms with van der Waals surface area (Å²) in [7, 11) is 1.67. The third-order valence-electron chi connectivity index (χ3n) is 2.84. The summed E-state index contributed by atoms with van der Waals surface area (Å²) in [5.74, 6) is 0. The van der Waals surface area contributed by atoms with Gasteiger partial charge in [0.2, 0.25) is 0 Å². The van der Waals surface area contributed by atoms with Gasteiger partial charge in [0.05, 0.1) is 0 Å². The first-order valence-corrected chi connectivity index (χ1v) is 5.90. The molecule has 1 aromatic heterocycles. The first-order chi connectivity index (χ1) is 8.27. The van der Waals surface area contributed by atoms with Gasteiger partial charge in [0.25, 0.3) is 0 Å². The summed E-state index contributed by atoms with van der Waals surface area (Å²) in [5, 5.41) is 3.92. The number of benzene rings is 1. The molecular weight excluding hydrogens is 214 g/mol. The maximum Gasteiger partial charge on any atom is 0.345 e. The average Bonchev–Trinajstić information content (AvgIpc) is 2.67. The Labute approximate surface area is 101 Å². The van der Waals surface area contributed by atoms with Gasteiger partial charge in [-0.15, -0.1) is 0 Å². The van der Waals surface area contributed by atoms with E-state index in [1.54, 1.807) is 17.9 Å². The van der Waals surface area contributed by atoms with Crippen LogP contribution in [0.2, 0.25) is 0 Å². The number of rotatable bonds is 5. The Hall–Kier alpha value is -1.84. The van der Waals surface area contributed by atoms with Crippen LogP contribution in [0.3, 0.4) is 0 Å². The molecule has 2 rings (SSSR count). The second-order valence-electron chi connectivity index (χ2n) is 4.17. The van der Waals surface area contributed by atoms with E-state index < -0.39 is 0 Å². The van der Waals surface area contributed by atoms with E-state index in [9.17, 15) is 4.79 Å². The van der Waals surface area contributed by atoms with Crippen LogP contribution in [0.15, 0.2) is 41.5 Å². The van der Waals surface area contributed by atoms with Crippen molar-refractivity contribution in [1.82, 2.24) is 14.3 Å². The van der Waals surface area contributed by atoms with Crippen LogP contribution in [0.4, 0.5) is 0 Å². The molecule has 0 spiro atoms. The van der Waals surface area contributed by atoms with Crippen molar-refractivity contribution >= 4 is 0 Å². The van der Waals surface area contributed by atoms with E-state index >= 15 is 0 Å². The Morgan fingerprint density at radius 3 is 2.59 bits per heavy atom. The lowest BCUT2D eigenvalue weighted by Gasteiger charge is -2.01. The largest absolute Gasteiger partial charge is 0.345 e. The molecule has 90 valence electrons. The SMILES string of the molecule is Cn1ncn(CCCCc2ccccc2)c1=O. The molecule has 0 saturated heterocycles. The molecule has 0 radical (unpaired) electrons. The second-order valence-corrected chi connectivity index (χ2v) is 4.17. The van der Waals surface area contributed by atoms with Crippen molar-refractivity contribution in [3.63, 3.8) is 0 Å². The first kappa shape index (κ1) is 11.6. The zero-order valence-corrected chi connectivity index (χ0v) is 10.0. The van der Waals surface area contributed by atoms with Crippen molar-refractivity contribution in [2.24, 2.45) is 7.05 Å². The zero-order valence-electron chi connectivity index (χ0n) is 10.0. The third kappa shape index (κ3) is 3.06. The highest BCUT2D eigenvalue weighted by atomic mass is 16.2. The lowest BCUT2D eigenvalue weighted by molar-refractivity contribution is 0.584. The highest BCUT2D eigenvalue weighted by molar-refractivity contribution is 5.14. The number of unbranched alkanes of at least 4 members (excludes halogenated alkanes) is 1. The fourth-order valence-electron chi connectivity index (χ4n) is 1.83. The average molecular weight is 231 g/mol. The summed E-state index contributed by atoms with van der Waals surface area (Å²) < 4.78 is 3.02. The van der Waals surface area contributed by atoms with Crippen molar-refractivity contribution in [2.45, 2.75) is 25.8 Å². The van der Waals surface area contributed by atoms with E-state index in [4.69, 9.17) is 0 Å². The Kier molecular flexibility index (Phi) is 3.75. The number of hydrogen-bond acceptors (Lipinski definition) is 2. The smallest absolute Gasteiger partial charge is 0.282 e. The van der Waals surface area contributed by atoms with Gasteiger partial charge in [-0.05, 0) is 24.8 Å². The molecule has 4 nitrogen and oxygen atoms in total. The molecular formula is C13H17N3O. The summed E-state index contributed by atoms with van der Waals surface area (Å²) in [6, 6.07) is 10.4. The van der Waals surface area contributed by atoms with Gasteiger partial charge in [0.1, 0.15) is 6.33 Å². The second kappa shape index (κ2) is 5.48. The topological polar surface area (TPSA) is 39.8 Å². The molecule has 0 bridgehead atoms. The molecule has 0 aliphatic rings. The number of hydrogen-bond donors (Lipinski definition) is 0. The molecule has 1 heterocycles. The Morgan fingerprint density at radius 1 is 1.18 bits per heavy atom. The van der Waals surface area contributed by atoms with Gasteiger partial charge in [-0.25, -0.2) is 9.48 Å². The van der Waals surface area contributed by atoms with Crippen LogP contribution in [0, 0.1) is 0 Å². The van der Waals surface area contributed by atoms with Gasteiger partial charge in [-0.3, -0.25) is 4.57 Å². The van der Waals surface area contributed by atoms with Crippen molar-refractivity contribution in [3.05, 3.63) is 52.7 Å². The monoisotopic (exact) mass is 231 g/mol. The van der Waals surface area contributed by atoms with Crippen molar-refractivity contribution in [2.75, 3.05) is 0 Å². The van der Waals surface area contributed by atoms with E-state index in [0.717, 1.165) is 25.8 Å². The van der Waals surface area contributed by atoms with Crippen LogP contribution in [0.1, 0.15) is 18.4 Å². The number of aromatic nitrogens is 3. The van der Waals surface area contributed by atoms with Crippen LogP contribution < -0.4 is 5.69 Å². The molecule has 0 N–H and O–H groups in total. The van der Waals surface area contributed by atoms with E-state index in [0.29, 0.717) is 0 Å². The molecule has 0 aliphatic carbocycles. The summed E-state index contributed by atoms with van der Waals surface area (Å²) >= 11 is 0. The van der Waals surface area contributed by atoms with E-state index in [2.05, 4.69) is 29.4 Å². The maximum atomic E-state index is 11.5. The molecule has 1 aromatic carbocycles. The van der Waals surface area contributed by atoms with Gasteiger partial charge in [-0.1, -0.05) is 30.3 Å². The molecule has 0 saturated carbocycles. The quantitative estimate of drug-likeness (QED) is 0.733. The van der Waals surface area contributed by atoms with E-state index in [-0.39, 0.29) is 5.69 Å². The van der Waals surface area contributed by atoms with Gasteiger partial charge in [0, 0.05) is 13.6 Å². The predicted molar refractivity (Wildman–Crippen MR) is 66.8 cm³/mol. The third-order valence-corrected chi connectivity index (χ3v) is 2.84. The van der Waals surface area contributed by atoms with Gasteiger partial charge < -0.3 is 0 Å². The van der Waals surface area contributed by atoms with E-state index in [1.165, 1.54) is 10.2 Å². The highest BCUT2D eigenvalue weighted by Crippen LogP contribution is 2.04. The first-order valence-electron chi connectivity index (χ1n) is 5.90. The summed E-state index contributed by atoms with van der Waals surface area (Å²) in [4.78, 5) is 11.5. The normalized spacial score (nSPS) is 10.6. The summed E-state index contributed by atoms with van der Waals surface area (Å²) in [6.45, 7) is 0.750. The predicted octanol–water partition coefficient (Wildman–Crippen LogP) is 1.60. The van der Waals surface area contributed by atoms with Crippen LogP contribution in [0.25, 0.3) is 0 Å². The lowest BCUT2D eigenvalue weighted by atomic mass is 10.1. The molecule has 4 heteroatoms. The van der Waals surface area contributed by atoms with E-state index in [1.807, 2.05) is 6.07 Å². The molecule has 2 aromatic rings. The molecule has 0 unspecified atom stereocenters. The van der Waals surface area contributed by atoms with Gasteiger partial charge >= 0.3 is 5.69 Å². The minimum Gasteiger partial charge on any atom is -0.282 e. The highest BCUT2D eigenvalue weighted by Gasteiger charge is 2.00. The lowest BCUT2D eigenvalue weighted by Crippen LogP contribution is -2.22. The summed E-state index contributed by atoms with van der Waals surface area (Å²) in [6.07, 6.45) is 4.76. The molecule has 17 heavy (non-hydrogen) atoms. The zero-order chi connectivity index (χ0) is 12.1. The number of aryl methyl sites for hydroxylation is 3. The van der Waals surface area contributed by atoms with Crippen LogP contribution in [0.5, 0.6) is 0 Å². The molecule has 0 amide bonds. The fraction of sp³-hybridized carbons (Fsp3) is 0.385. The standard InChI is InChI=1S/C13H17N3O/c1-15-13(17)16(11-14-15)10-6-5-9-12-7-3-2-4-8-12/h2-4,7-8,11H,5-6,9-10H2,1H3. The van der Waals surface area contributed by atoms with Gasteiger partial charge in [0.15, 0.2) is 0 Å². The Bertz CT molecular complexity index is 513. The molecule has 0 fully saturated rings. The van der Waals surface area contributed by atoms with Crippen LogP contribution in [-0.4, -0.2) is 14.3 Å². The van der Waals surface area contributed by atoms with Crippen molar-refractivity contribution in [1.29, 1.82) is 0 Å². The fourth-order valence-corrected chi connectivity index (χ4v) is 1.83.